The molecule has 1 aromatic heterocycles. The first-order chi connectivity index (χ1) is 11.3. The van der Waals surface area contributed by atoms with Gasteiger partial charge in [0.2, 0.25) is 0 Å². The third-order valence-corrected chi connectivity index (χ3v) is 5.12. The lowest BCUT2D eigenvalue weighted by molar-refractivity contribution is 0.111. The van der Waals surface area contributed by atoms with Crippen molar-refractivity contribution >= 4 is 11.3 Å². The molecule has 0 amide bonds. The summed E-state index contributed by atoms with van der Waals surface area (Å²) in [5, 5.41) is 12.5. The van der Waals surface area contributed by atoms with Gasteiger partial charge >= 0.3 is 0 Å². The molecule has 23 heavy (non-hydrogen) atoms. The quantitative estimate of drug-likeness (QED) is 0.807. The normalized spacial score (nSPS) is 17.9. The Labute approximate surface area is 141 Å². The second kappa shape index (κ2) is 8.55. The van der Waals surface area contributed by atoms with Crippen molar-refractivity contribution in [3.63, 3.8) is 0 Å². The van der Waals surface area contributed by atoms with Crippen LogP contribution in [0.2, 0.25) is 0 Å². The van der Waals surface area contributed by atoms with Gasteiger partial charge in [-0.15, -0.1) is 11.3 Å². The van der Waals surface area contributed by atoms with Crippen molar-refractivity contribution in [1.29, 1.82) is 0 Å². The van der Waals surface area contributed by atoms with Gasteiger partial charge in [0.05, 0.1) is 12.3 Å². The molecule has 2 heterocycles. The van der Waals surface area contributed by atoms with Crippen LogP contribution in [-0.2, 0) is 17.7 Å². The van der Waals surface area contributed by atoms with Gasteiger partial charge in [-0.3, -0.25) is 4.90 Å². The molecule has 3 rings (SSSR count). The second-order valence-corrected chi connectivity index (χ2v) is 6.80. The summed E-state index contributed by atoms with van der Waals surface area (Å²) in [5.74, 6) is 0. The Morgan fingerprint density at radius 3 is 2.87 bits per heavy atom. The summed E-state index contributed by atoms with van der Waals surface area (Å²) in [6.07, 6.45) is 3.41. The molecular weight excluding hydrogens is 308 g/mol. The summed E-state index contributed by atoms with van der Waals surface area (Å²) in [6, 6.07) is 10.5. The lowest BCUT2D eigenvalue weighted by atomic mass is 10.1. The number of ether oxygens (including phenoxy) is 1. The molecule has 0 spiro atoms. The van der Waals surface area contributed by atoms with Crippen LogP contribution in [0.4, 0.5) is 0 Å². The van der Waals surface area contributed by atoms with E-state index in [2.05, 4.69) is 34.5 Å². The molecule has 1 aromatic carbocycles. The van der Waals surface area contributed by atoms with Crippen LogP contribution in [0.3, 0.4) is 0 Å². The maximum atomic E-state index is 9.31. The van der Waals surface area contributed by atoms with E-state index in [-0.39, 0.29) is 12.7 Å². The van der Waals surface area contributed by atoms with Crippen molar-refractivity contribution in [3.05, 3.63) is 52.0 Å². The molecular formula is C18H24N2O2S. The molecule has 1 aliphatic rings. The highest BCUT2D eigenvalue weighted by molar-refractivity contribution is 7.09. The summed E-state index contributed by atoms with van der Waals surface area (Å²) in [6.45, 7) is 3.43. The number of hydrogen-bond donors (Lipinski definition) is 1. The molecule has 1 atom stereocenters. The van der Waals surface area contributed by atoms with Crippen LogP contribution in [0.15, 0.2) is 35.7 Å². The van der Waals surface area contributed by atoms with Gasteiger partial charge in [0, 0.05) is 31.6 Å². The largest absolute Gasteiger partial charge is 0.395 e. The molecule has 1 aliphatic heterocycles. The van der Waals surface area contributed by atoms with Crippen molar-refractivity contribution in [2.75, 3.05) is 26.3 Å². The fraction of sp³-hybridized carbons (Fsp3) is 0.500. The van der Waals surface area contributed by atoms with E-state index in [1.807, 2.05) is 6.07 Å². The van der Waals surface area contributed by atoms with Crippen molar-refractivity contribution in [3.8, 4) is 0 Å². The van der Waals surface area contributed by atoms with E-state index in [1.54, 1.807) is 11.3 Å². The standard InChI is InChI=1S/C18H24N2O2S/c21-11-10-20(9-8-15-5-2-1-3-6-15)13-16-14-23-18(19-16)17-7-4-12-22-17/h1-3,5-6,14,17,21H,4,7-13H2. The number of aliphatic hydroxyl groups is 1. The van der Waals surface area contributed by atoms with Gasteiger partial charge in [-0.05, 0) is 24.8 Å². The first-order valence-electron chi connectivity index (χ1n) is 8.28. The number of benzene rings is 1. The number of rotatable bonds is 8. The minimum absolute atomic E-state index is 0.178. The minimum atomic E-state index is 0.178. The number of aliphatic hydroxyl groups excluding tert-OH is 1. The summed E-state index contributed by atoms with van der Waals surface area (Å²) in [7, 11) is 0. The maximum absolute atomic E-state index is 9.31. The Morgan fingerprint density at radius 2 is 2.13 bits per heavy atom. The average molecular weight is 332 g/mol. The molecule has 1 unspecified atom stereocenters. The van der Waals surface area contributed by atoms with E-state index in [9.17, 15) is 5.11 Å². The van der Waals surface area contributed by atoms with Crippen molar-refractivity contribution in [2.24, 2.45) is 0 Å². The van der Waals surface area contributed by atoms with E-state index in [0.29, 0.717) is 6.54 Å². The lowest BCUT2D eigenvalue weighted by Gasteiger charge is -2.20. The van der Waals surface area contributed by atoms with Crippen molar-refractivity contribution in [2.45, 2.75) is 31.9 Å². The van der Waals surface area contributed by atoms with E-state index < -0.39 is 0 Å². The smallest absolute Gasteiger partial charge is 0.122 e. The Morgan fingerprint density at radius 1 is 1.26 bits per heavy atom. The number of thiazole rings is 1. The minimum Gasteiger partial charge on any atom is -0.395 e. The summed E-state index contributed by atoms with van der Waals surface area (Å²) in [4.78, 5) is 7.00. The molecule has 1 saturated heterocycles. The molecule has 4 nitrogen and oxygen atoms in total. The highest BCUT2D eigenvalue weighted by Gasteiger charge is 2.21. The van der Waals surface area contributed by atoms with Crippen LogP contribution in [0, 0.1) is 0 Å². The monoisotopic (exact) mass is 332 g/mol. The molecule has 1 fully saturated rings. The van der Waals surface area contributed by atoms with Crippen LogP contribution in [-0.4, -0.2) is 41.3 Å². The number of aromatic nitrogens is 1. The molecule has 124 valence electrons. The van der Waals surface area contributed by atoms with E-state index >= 15 is 0 Å². The predicted octanol–water partition coefficient (Wildman–Crippen LogP) is 3.03. The van der Waals surface area contributed by atoms with Crippen LogP contribution < -0.4 is 0 Å². The molecule has 0 bridgehead atoms. The Hall–Kier alpha value is -1.27. The average Bonchev–Trinajstić information content (AvgIpc) is 3.25. The van der Waals surface area contributed by atoms with Crippen LogP contribution in [0.25, 0.3) is 0 Å². The van der Waals surface area contributed by atoms with Crippen LogP contribution in [0.1, 0.15) is 35.2 Å². The molecule has 1 N–H and O–H groups in total. The Balaban J connectivity index is 1.56. The summed E-state index contributed by atoms with van der Waals surface area (Å²) < 4.78 is 5.70. The third-order valence-electron chi connectivity index (χ3n) is 4.14. The number of hydrogen-bond acceptors (Lipinski definition) is 5. The highest BCUT2D eigenvalue weighted by Crippen LogP contribution is 2.30. The third kappa shape index (κ3) is 4.85. The van der Waals surface area contributed by atoms with Gasteiger partial charge in [-0.1, -0.05) is 30.3 Å². The van der Waals surface area contributed by atoms with Crippen molar-refractivity contribution < 1.29 is 9.84 Å². The first kappa shape index (κ1) is 16.6. The molecule has 5 heteroatoms. The van der Waals surface area contributed by atoms with Crippen LogP contribution >= 0.6 is 11.3 Å². The molecule has 2 aromatic rings. The first-order valence-corrected chi connectivity index (χ1v) is 9.16. The van der Waals surface area contributed by atoms with Gasteiger partial charge in [0.1, 0.15) is 11.1 Å². The van der Waals surface area contributed by atoms with Gasteiger partial charge in [-0.25, -0.2) is 4.98 Å². The maximum Gasteiger partial charge on any atom is 0.122 e. The zero-order valence-corrected chi connectivity index (χ0v) is 14.2. The van der Waals surface area contributed by atoms with E-state index in [0.717, 1.165) is 49.7 Å². The lowest BCUT2D eigenvalue weighted by Crippen LogP contribution is -2.28. The Kier molecular flexibility index (Phi) is 6.16. The Bertz CT molecular complexity index is 582. The van der Waals surface area contributed by atoms with Gasteiger partial charge < -0.3 is 9.84 Å². The SMILES string of the molecule is OCCN(CCc1ccccc1)Cc1csc(C2CCCO2)n1. The zero-order chi connectivity index (χ0) is 15.9. The molecule has 0 aliphatic carbocycles. The van der Waals surface area contributed by atoms with E-state index in [4.69, 9.17) is 9.72 Å². The van der Waals surface area contributed by atoms with Gasteiger partial charge in [0.25, 0.3) is 0 Å². The van der Waals surface area contributed by atoms with Crippen molar-refractivity contribution in [1.82, 2.24) is 9.88 Å². The molecule has 0 saturated carbocycles. The van der Waals surface area contributed by atoms with E-state index in [1.165, 1.54) is 5.56 Å². The topological polar surface area (TPSA) is 45.6 Å². The predicted molar refractivity (Wildman–Crippen MR) is 92.5 cm³/mol. The molecule has 0 radical (unpaired) electrons. The zero-order valence-electron chi connectivity index (χ0n) is 13.4. The summed E-state index contributed by atoms with van der Waals surface area (Å²) in [5.41, 5.74) is 2.41. The van der Waals surface area contributed by atoms with Gasteiger partial charge in [-0.2, -0.15) is 0 Å². The fourth-order valence-electron chi connectivity index (χ4n) is 2.89. The fourth-order valence-corrected chi connectivity index (χ4v) is 3.78. The highest BCUT2D eigenvalue weighted by atomic mass is 32.1. The number of nitrogens with zero attached hydrogens (tertiary/aromatic N) is 2. The van der Waals surface area contributed by atoms with Crippen LogP contribution in [0.5, 0.6) is 0 Å². The second-order valence-electron chi connectivity index (χ2n) is 5.91. The summed E-state index contributed by atoms with van der Waals surface area (Å²) >= 11 is 1.70. The van der Waals surface area contributed by atoms with Gasteiger partial charge in [0.15, 0.2) is 0 Å².